The summed E-state index contributed by atoms with van der Waals surface area (Å²) in [7, 11) is 0. The molecule has 0 N–H and O–H groups in total. The molecule has 0 aliphatic carbocycles. The van der Waals surface area contributed by atoms with Crippen molar-refractivity contribution < 1.29 is 0 Å². The van der Waals surface area contributed by atoms with Gasteiger partial charge in [0.2, 0.25) is 0 Å². The minimum atomic E-state index is -0.524. The maximum Gasteiger partial charge on any atom is 0.101 e. The maximum absolute atomic E-state index is 9.77. The Morgan fingerprint density at radius 1 is 1.27 bits per heavy atom. The minimum absolute atomic E-state index is 0.379. The molecule has 1 aliphatic rings. The number of aryl methyl sites for hydroxylation is 1. The fourth-order valence-corrected chi connectivity index (χ4v) is 3.79. The Morgan fingerprint density at radius 2 is 2.14 bits per heavy atom. The minimum Gasteiger partial charge on any atom is -0.281 e. The number of aliphatic imine (C=N–C) groups is 1. The summed E-state index contributed by atoms with van der Waals surface area (Å²) in [5.41, 5.74) is 0.325. The zero-order chi connectivity index (χ0) is 15.4. The van der Waals surface area contributed by atoms with Gasteiger partial charge in [0.15, 0.2) is 0 Å². The molecular weight excluding hydrogens is 312 g/mol. The van der Waals surface area contributed by atoms with Crippen LogP contribution in [-0.4, -0.2) is 11.8 Å². The number of nitrogens with zero attached hydrogens (tertiary/aromatic N) is 2. The number of hydrogen-bond donors (Lipinski definition) is 0. The zero-order valence-electron chi connectivity index (χ0n) is 11.9. The van der Waals surface area contributed by atoms with Crippen LogP contribution in [0.2, 0.25) is 5.02 Å². The van der Waals surface area contributed by atoms with E-state index in [1.807, 2.05) is 36.4 Å². The van der Waals surface area contributed by atoms with Gasteiger partial charge in [0, 0.05) is 16.1 Å². The van der Waals surface area contributed by atoms with Gasteiger partial charge in [-0.1, -0.05) is 41.9 Å². The van der Waals surface area contributed by atoms with E-state index in [1.165, 1.54) is 4.88 Å². The summed E-state index contributed by atoms with van der Waals surface area (Å²) in [5.74, 6) is -0.379. The first kappa shape index (κ1) is 15.0. The van der Waals surface area contributed by atoms with Crippen LogP contribution in [0.5, 0.6) is 0 Å². The van der Waals surface area contributed by atoms with E-state index >= 15 is 0 Å². The summed E-state index contributed by atoms with van der Waals surface area (Å²) in [4.78, 5) is 5.95. The maximum atomic E-state index is 9.77. The molecule has 0 saturated carbocycles. The fourth-order valence-electron chi connectivity index (χ4n) is 2.84. The van der Waals surface area contributed by atoms with Crippen molar-refractivity contribution >= 4 is 29.2 Å². The van der Waals surface area contributed by atoms with Crippen LogP contribution in [0.25, 0.3) is 0 Å². The molecule has 3 rings (SSSR count). The molecule has 1 aromatic heterocycles. The van der Waals surface area contributed by atoms with Crippen LogP contribution in [-0.2, 0) is 6.42 Å². The number of halogens is 1. The first-order valence-corrected chi connectivity index (χ1v) is 8.40. The third-order valence-electron chi connectivity index (χ3n) is 3.98. The van der Waals surface area contributed by atoms with Gasteiger partial charge < -0.3 is 0 Å². The Kier molecular flexibility index (Phi) is 4.42. The second kappa shape index (κ2) is 6.48. The van der Waals surface area contributed by atoms with Crippen LogP contribution in [0.1, 0.15) is 22.8 Å². The zero-order valence-corrected chi connectivity index (χ0v) is 13.5. The number of thiophene rings is 1. The third-order valence-corrected chi connectivity index (χ3v) is 5.26. The van der Waals surface area contributed by atoms with Gasteiger partial charge in [-0.25, -0.2) is 0 Å². The summed E-state index contributed by atoms with van der Waals surface area (Å²) in [5, 5.41) is 12.5. The van der Waals surface area contributed by atoms with Gasteiger partial charge in [-0.3, -0.25) is 4.99 Å². The van der Waals surface area contributed by atoms with Crippen LogP contribution in [0.15, 0.2) is 58.9 Å². The van der Waals surface area contributed by atoms with E-state index in [4.69, 9.17) is 11.6 Å². The van der Waals surface area contributed by atoms with Gasteiger partial charge in [-0.15, -0.1) is 11.3 Å². The van der Waals surface area contributed by atoms with E-state index in [9.17, 15) is 5.26 Å². The molecule has 0 spiro atoms. The van der Waals surface area contributed by atoms with Crippen LogP contribution < -0.4 is 0 Å². The van der Waals surface area contributed by atoms with Crippen molar-refractivity contribution in [2.45, 2.75) is 24.3 Å². The average Bonchev–Trinajstić information content (AvgIpc) is 3.20. The lowest BCUT2D eigenvalue weighted by atomic mass is 9.77. The van der Waals surface area contributed by atoms with Crippen LogP contribution in [0.3, 0.4) is 0 Å². The first-order chi connectivity index (χ1) is 10.7. The first-order valence-electron chi connectivity index (χ1n) is 7.15. The molecule has 2 unspecified atom stereocenters. The normalized spacial score (nSPS) is 20.9. The number of rotatable bonds is 5. The van der Waals surface area contributed by atoms with Gasteiger partial charge >= 0.3 is 0 Å². The number of nitriles is 1. The quantitative estimate of drug-likeness (QED) is 0.759. The molecule has 1 aliphatic heterocycles. The molecule has 0 amide bonds. The molecule has 2 atom stereocenters. The highest BCUT2D eigenvalue weighted by Gasteiger charge is 2.39. The fraction of sp³-hybridized carbons (Fsp3) is 0.222. The average molecular weight is 327 g/mol. The van der Waals surface area contributed by atoms with Crippen molar-refractivity contribution in [1.29, 1.82) is 5.26 Å². The van der Waals surface area contributed by atoms with E-state index in [0.717, 1.165) is 18.4 Å². The van der Waals surface area contributed by atoms with Gasteiger partial charge in [-0.2, -0.15) is 5.26 Å². The van der Waals surface area contributed by atoms with Gasteiger partial charge in [0.25, 0.3) is 0 Å². The second-order valence-electron chi connectivity index (χ2n) is 5.29. The Balaban J connectivity index is 1.92. The molecule has 0 fully saturated rings. The monoisotopic (exact) mass is 326 g/mol. The summed E-state index contributed by atoms with van der Waals surface area (Å²) in [6, 6.07) is 14.2. The number of benzene rings is 1. The molecule has 2 heterocycles. The SMILES string of the molecule is N#CC(c1ccccc1Cl)C1(CCc2cccs2)C=CC=N1. The predicted molar refractivity (Wildman–Crippen MR) is 92.8 cm³/mol. The standard InChI is InChI=1S/C18H15ClN2S/c19-17-7-2-1-6-15(17)16(13-20)18(9-4-11-21-18)10-8-14-5-3-12-22-14/h1-7,9,11-12,16H,8,10H2. The highest BCUT2D eigenvalue weighted by molar-refractivity contribution is 7.09. The lowest BCUT2D eigenvalue weighted by molar-refractivity contribution is 0.459. The van der Waals surface area contributed by atoms with Crippen LogP contribution >= 0.6 is 22.9 Å². The Bertz CT molecular complexity index is 729. The summed E-state index contributed by atoms with van der Waals surface area (Å²) in [6.45, 7) is 0. The topological polar surface area (TPSA) is 36.1 Å². The molecule has 2 nitrogen and oxygen atoms in total. The highest BCUT2D eigenvalue weighted by atomic mass is 35.5. The van der Waals surface area contributed by atoms with Gasteiger partial charge in [0.1, 0.15) is 5.92 Å². The summed E-state index contributed by atoms with van der Waals surface area (Å²) < 4.78 is 0. The number of hydrogen-bond acceptors (Lipinski definition) is 3. The van der Waals surface area contributed by atoms with Crippen molar-refractivity contribution in [1.82, 2.24) is 0 Å². The Labute approximate surface area is 139 Å². The predicted octanol–water partition coefficient (Wildman–Crippen LogP) is 5.02. The van der Waals surface area contributed by atoms with Crippen molar-refractivity contribution in [3.63, 3.8) is 0 Å². The van der Waals surface area contributed by atoms with E-state index in [-0.39, 0.29) is 5.92 Å². The second-order valence-corrected chi connectivity index (χ2v) is 6.73. The van der Waals surface area contributed by atoms with Crippen molar-refractivity contribution in [2.24, 2.45) is 4.99 Å². The van der Waals surface area contributed by atoms with Crippen molar-refractivity contribution in [2.75, 3.05) is 0 Å². The largest absolute Gasteiger partial charge is 0.281 e. The lowest BCUT2D eigenvalue weighted by Crippen LogP contribution is -2.31. The Hall–Kier alpha value is -1.89. The van der Waals surface area contributed by atoms with Crippen molar-refractivity contribution in [3.8, 4) is 6.07 Å². The van der Waals surface area contributed by atoms with Gasteiger partial charge in [0.05, 0.1) is 11.6 Å². The molecule has 4 heteroatoms. The molecule has 22 heavy (non-hydrogen) atoms. The van der Waals surface area contributed by atoms with Crippen LogP contribution in [0.4, 0.5) is 0 Å². The molecular formula is C18H15ClN2S. The Morgan fingerprint density at radius 3 is 2.77 bits per heavy atom. The molecule has 1 aromatic carbocycles. The van der Waals surface area contributed by atoms with Crippen molar-refractivity contribution in [3.05, 3.63) is 69.4 Å². The summed E-state index contributed by atoms with van der Waals surface area (Å²) in [6.07, 6.45) is 7.45. The summed E-state index contributed by atoms with van der Waals surface area (Å²) >= 11 is 8.05. The van der Waals surface area contributed by atoms with E-state index in [0.29, 0.717) is 5.02 Å². The number of allylic oxidation sites excluding steroid dienone is 1. The molecule has 2 aromatic rings. The smallest absolute Gasteiger partial charge is 0.101 e. The van der Waals surface area contributed by atoms with E-state index < -0.39 is 5.54 Å². The lowest BCUT2D eigenvalue weighted by Gasteiger charge is -2.30. The molecule has 110 valence electrons. The van der Waals surface area contributed by atoms with Gasteiger partial charge in [-0.05, 0) is 42.0 Å². The third kappa shape index (κ3) is 2.85. The molecule has 0 radical (unpaired) electrons. The molecule has 0 bridgehead atoms. The van der Waals surface area contributed by atoms with E-state index in [1.54, 1.807) is 17.6 Å². The van der Waals surface area contributed by atoms with E-state index in [2.05, 4.69) is 28.6 Å². The molecule has 0 saturated heterocycles. The highest BCUT2D eigenvalue weighted by Crippen LogP contribution is 2.40. The van der Waals surface area contributed by atoms with Crippen LogP contribution in [0, 0.1) is 11.3 Å².